The van der Waals surface area contributed by atoms with Crippen molar-refractivity contribution in [1.82, 2.24) is 0 Å². The van der Waals surface area contributed by atoms with Gasteiger partial charge < -0.3 is 0 Å². The number of hydrogen-bond acceptors (Lipinski definition) is 2. The molecule has 0 heterocycles. The zero-order valence-corrected chi connectivity index (χ0v) is 10.5. The van der Waals surface area contributed by atoms with Gasteiger partial charge in [0.2, 0.25) is 0 Å². The third kappa shape index (κ3) is 10.9. The van der Waals surface area contributed by atoms with Gasteiger partial charge in [-0.15, -0.1) is 0 Å². The molecular formula is C6H12Br2O3S. The van der Waals surface area contributed by atoms with Crippen molar-refractivity contribution in [3.05, 3.63) is 0 Å². The highest BCUT2D eigenvalue weighted by atomic mass is 79.9. The first-order valence-corrected chi connectivity index (χ1v) is 7.09. The Morgan fingerprint density at radius 3 is 2.17 bits per heavy atom. The summed E-state index contributed by atoms with van der Waals surface area (Å²) in [6.45, 7) is 0. The lowest BCUT2D eigenvalue weighted by atomic mass is 10.2. The summed E-state index contributed by atoms with van der Waals surface area (Å²) in [6.07, 6.45) is 3.28. The van der Waals surface area contributed by atoms with E-state index in [0.29, 0.717) is 10.2 Å². The van der Waals surface area contributed by atoms with Crippen LogP contribution in [0.15, 0.2) is 0 Å². The smallest absolute Gasteiger partial charge is 0.264 e. The van der Waals surface area contributed by atoms with Gasteiger partial charge in [0.15, 0.2) is 0 Å². The van der Waals surface area contributed by atoms with E-state index < -0.39 is 10.1 Å². The number of rotatable bonds is 6. The minimum atomic E-state index is -3.75. The van der Waals surface area contributed by atoms with Gasteiger partial charge in [0.25, 0.3) is 10.1 Å². The fourth-order valence-electron chi connectivity index (χ4n) is 0.760. The third-order valence-corrected chi connectivity index (χ3v) is 3.04. The third-order valence-electron chi connectivity index (χ3n) is 1.32. The minimum Gasteiger partial charge on any atom is -0.286 e. The Kier molecular flexibility index (Phi) is 6.80. The Labute approximate surface area is 89.9 Å². The molecule has 1 N–H and O–H groups in total. The van der Waals surface area contributed by atoms with E-state index in [1.165, 1.54) is 0 Å². The summed E-state index contributed by atoms with van der Waals surface area (Å²) in [5.74, 6) is -0.123. The van der Waals surface area contributed by atoms with E-state index in [1.807, 2.05) is 0 Å². The highest BCUT2D eigenvalue weighted by molar-refractivity contribution is 9.24. The molecule has 0 fully saturated rings. The van der Waals surface area contributed by atoms with Gasteiger partial charge in [0.05, 0.1) is 9.49 Å². The number of halogens is 2. The summed E-state index contributed by atoms with van der Waals surface area (Å²) in [5, 5.41) is 0. The van der Waals surface area contributed by atoms with Gasteiger partial charge in [0, 0.05) is 0 Å². The molecule has 3 nitrogen and oxygen atoms in total. The van der Waals surface area contributed by atoms with E-state index in [0.717, 1.165) is 19.3 Å². The molecule has 0 aliphatic heterocycles. The molecule has 0 unspecified atom stereocenters. The molecular weight excluding hydrogens is 312 g/mol. The lowest BCUT2D eigenvalue weighted by Gasteiger charge is -2.00. The van der Waals surface area contributed by atoms with E-state index in [4.69, 9.17) is 4.55 Å². The lowest BCUT2D eigenvalue weighted by Crippen LogP contribution is -2.03. The molecule has 0 rings (SSSR count). The summed E-state index contributed by atoms with van der Waals surface area (Å²) in [4.78, 5) is 0. The average molecular weight is 324 g/mol. The van der Waals surface area contributed by atoms with Crippen LogP contribution in [-0.4, -0.2) is 22.5 Å². The largest absolute Gasteiger partial charge is 0.286 e. The predicted molar refractivity (Wildman–Crippen MR) is 56.5 cm³/mol. The van der Waals surface area contributed by atoms with E-state index in [1.54, 1.807) is 0 Å². The molecule has 0 spiro atoms. The van der Waals surface area contributed by atoms with Gasteiger partial charge in [-0.2, -0.15) is 8.42 Å². The van der Waals surface area contributed by atoms with Gasteiger partial charge in [-0.1, -0.05) is 44.7 Å². The molecule has 0 aliphatic carbocycles. The van der Waals surface area contributed by atoms with Crippen LogP contribution in [0.1, 0.15) is 25.7 Å². The summed E-state index contributed by atoms with van der Waals surface area (Å²) >= 11 is 6.63. The number of alkyl halides is 2. The van der Waals surface area contributed by atoms with E-state index in [2.05, 4.69) is 31.9 Å². The monoisotopic (exact) mass is 322 g/mol. The summed E-state index contributed by atoms with van der Waals surface area (Å²) in [7, 11) is -3.75. The number of unbranched alkanes of at least 4 members (excludes halogenated alkanes) is 2. The Hall–Kier alpha value is 0.870. The minimum absolute atomic E-state index is 0.123. The fraction of sp³-hybridized carbons (Fsp3) is 1.00. The van der Waals surface area contributed by atoms with Crippen LogP contribution in [0, 0.1) is 0 Å². The predicted octanol–water partition coefficient (Wildman–Crippen LogP) is 2.55. The first kappa shape index (κ1) is 12.9. The fourth-order valence-corrected chi connectivity index (χ4v) is 1.98. The van der Waals surface area contributed by atoms with Gasteiger partial charge in [0.1, 0.15) is 0 Å². The summed E-state index contributed by atoms with van der Waals surface area (Å²) < 4.78 is 29.2. The highest BCUT2D eigenvalue weighted by Gasteiger charge is 2.03. The van der Waals surface area contributed by atoms with Crippen LogP contribution in [0.25, 0.3) is 0 Å². The van der Waals surface area contributed by atoms with Crippen molar-refractivity contribution < 1.29 is 13.0 Å². The quantitative estimate of drug-likeness (QED) is 0.464. The summed E-state index contributed by atoms with van der Waals surface area (Å²) in [6, 6.07) is 0. The molecule has 0 amide bonds. The molecule has 0 atom stereocenters. The SMILES string of the molecule is O=S(=O)(O)CCCCCC(Br)Br. The van der Waals surface area contributed by atoms with Crippen LogP contribution in [0.5, 0.6) is 0 Å². The molecule has 0 bridgehead atoms. The first-order valence-electron chi connectivity index (χ1n) is 3.65. The Bertz CT molecular complexity index is 201. The molecule has 0 saturated heterocycles. The maximum atomic E-state index is 10.3. The zero-order chi connectivity index (χ0) is 9.61. The summed E-state index contributed by atoms with van der Waals surface area (Å²) in [5.41, 5.74) is 0. The second-order valence-electron chi connectivity index (χ2n) is 2.53. The van der Waals surface area contributed by atoms with Crippen LogP contribution < -0.4 is 0 Å². The van der Waals surface area contributed by atoms with Crippen molar-refractivity contribution in [2.75, 3.05) is 5.75 Å². The van der Waals surface area contributed by atoms with Gasteiger partial charge in [-0.3, -0.25) is 4.55 Å². The molecule has 0 radical (unpaired) electrons. The van der Waals surface area contributed by atoms with Gasteiger partial charge in [-0.25, -0.2) is 0 Å². The Morgan fingerprint density at radius 1 is 1.17 bits per heavy atom. The highest BCUT2D eigenvalue weighted by Crippen LogP contribution is 2.16. The Balaban J connectivity index is 3.23. The standard InChI is InChI=1S/C6H12Br2O3S/c7-6(8)4-2-1-3-5-12(9,10)11/h6H,1-5H2,(H,9,10,11). The maximum absolute atomic E-state index is 10.3. The second kappa shape index (κ2) is 6.34. The van der Waals surface area contributed by atoms with Crippen molar-refractivity contribution in [1.29, 1.82) is 0 Å². The van der Waals surface area contributed by atoms with Crippen molar-refractivity contribution in [2.45, 2.75) is 29.4 Å². The average Bonchev–Trinajstić information content (AvgIpc) is 1.83. The van der Waals surface area contributed by atoms with Crippen LogP contribution in [-0.2, 0) is 10.1 Å². The van der Waals surface area contributed by atoms with Gasteiger partial charge >= 0.3 is 0 Å². The van der Waals surface area contributed by atoms with Crippen molar-refractivity contribution in [2.24, 2.45) is 0 Å². The Morgan fingerprint density at radius 2 is 1.75 bits per heavy atom. The molecule has 0 aliphatic rings. The first-order chi connectivity index (χ1) is 5.42. The van der Waals surface area contributed by atoms with Crippen LogP contribution >= 0.6 is 31.9 Å². The topological polar surface area (TPSA) is 54.4 Å². The molecule has 0 saturated carbocycles. The zero-order valence-electron chi connectivity index (χ0n) is 6.54. The lowest BCUT2D eigenvalue weighted by molar-refractivity contribution is 0.479. The second-order valence-corrected chi connectivity index (χ2v) is 7.54. The molecule has 0 aromatic carbocycles. The van der Waals surface area contributed by atoms with Crippen molar-refractivity contribution in [3.63, 3.8) is 0 Å². The molecule has 12 heavy (non-hydrogen) atoms. The van der Waals surface area contributed by atoms with E-state index >= 15 is 0 Å². The van der Waals surface area contributed by atoms with Crippen LogP contribution in [0.3, 0.4) is 0 Å². The normalized spacial score (nSPS) is 12.3. The molecule has 6 heteroatoms. The number of hydrogen-bond donors (Lipinski definition) is 1. The van der Waals surface area contributed by atoms with Crippen LogP contribution in [0.2, 0.25) is 0 Å². The van der Waals surface area contributed by atoms with E-state index in [-0.39, 0.29) is 5.75 Å². The maximum Gasteiger partial charge on any atom is 0.264 e. The molecule has 74 valence electrons. The molecule has 0 aromatic rings. The van der Waals surface area contributed by atoms with Crippen LogP contribution in [0.4, 0.5) is 0 Å². The van der Waals surface area contributed by atoms with Crippen molar-refractivity contribution >= 4 is 42.0 Å². The van der Waals surface area contributed by atoms with Crippen molar-refractivity contribution in [3.8, 4) is 0 Å². The van der Waals surface area contributed by atoms with Gasteiger partial charge in [-0.05, 0) is 12.8 Å². The molecule has 0 aromatic heterocycles. The van der Waals surface area contributed by atoms with E-state index in [9.17, 15) is 8.42 Å².